The zero-order chi connectivity index (χ0) is 7.40. The van der Waals surface area contributed by atoms with E-state index in [-0.39, 0.29) is 5.69 Å². The monoisotopic (exact) mass is 140 g/mol. The van der Waals surface area contributed by atoms with Crippen LogP contribution in [-0.4, -0.2) is 26.5 Å². The van der Waals surface area contributed by atoms with E-state index in [4.69, 9.17) is 5.84 Å². The van der Waals surface area contributed by atoms with Gasteiger partial charge in [-0.1, -0.05) is 0 Å². The number of nitrogens with two attached hydrogens (primary N) is 1. The first-order valence-electron chi connectivity index (χ1n) is 2.36. The molecular formula is C3H4N6O. The van der Waals surface area contributed by atoms with Crippen molar-refractivity contribution in [3.05, 3.63) is 11.9 Å². The van der Waals surface area contributed by atoms with Crippen LogP contribution >= 0.6 is 0 Å². The number of carbonyl (C=O) groups excluding carboxylic acids is 1. The maximum atomic E-state index is 10.6. The lowest BCUT2D eigenvalue weighted by atomic mass is 10.5. The zero-order valence-corrected chi connectivity index (χ0v) is 4.85. The highest BCUT2D eigenvalue weighted by Crippen LogP contribution is 1.82. The van der Waals surface area contributed by atoms with E-state index in [1.165, 1.54) is 0 Å². The second-order valence-electron chi connectivity index (χ2n) is 1.38. The minimum atomic E-state index is -0.539. The van der Waals surface area contributed by atoms with Crippen LogP contribution in [0.25, 0.3) is 0 Å². The van der Waals surface area contributed by atoms with Crippen molar-refractivity contribution < 1.29 is 4.79 Å². The number of rotatable bonds is 1. The molecule has 0 aliphatic heterocycles. The molecule has 1 rings (SSSR count). The van der Waals surface area contributed by atoms with Gasteiger partial charge in [-0.05, 0) is 10.4 Å². The van der Waals surface area contributed by atoms with E-state index >= 15 is 0 Å². The minimum absolute atomic E-state index is 0.0394. The number of nitrogens with zero attached hydrogens (tertiary/aromatic N) is 4. The molecule has 0 saturated heterocycles. The van der Waals surface area contributed by atoms with Gasteiger partial charge >= 0.3 is 0 Å². The van der Waals surface area contributed by atoms with Crippen molar-refractivity contribution in [2.45, 2.75) is 0 Å². The van der Waals surface area contributed by atoms with Crippen LogP contribution in [0.3, 0.4) is 0 Å². The number of hydrogen-bond donors (Lipinski definition) is 2. The minimum Gasteiger partial charge on any atom is -0.289 e. The summed E-state index contributed by atoms with van der Waals surface area (Å²) in [5.41, 5.74) is 1.91. The summed E-state index contributed by atoms with van der Waals surface area (Å²) in [6.45, 7) is 0. The fourth-order valence-corrected chi connectivity index (χ4v) is 0.376. The zero-order valence-electron chi connectivity index (χ0n) is 4.85. The molecule has 0 aliphatic carbocycles. The number of nitrogen functional groups attached to an aromatic ring is 1. The molecule has 0 bridgehead atoms. The van der Waals surface area contributed by atoms with Gasteiger partial charge in [0.2, 0.25) is 0 Å². The third-order valence-electron chi connectivity index (χ3n) is 0.788. The third kappa shape index (κ3) is 1.20. The predicted molar refractivity (Wildman–Crippen MR) is 29.3 cm³/mol. The summed E-state index contributed by atoms with van der Waals surface area (Å²) in [6, 6.07) is 0. The molecular weight excluding hydrogens is 136 g/mol. The van der Waals surface area contributed by atoms with Crippen molar-refractivity contribution in [2.75, 3.05) is 0 Å². The van der Waals surface area contributed by atoms with Crippen LogP contribution in [-0.2, 0) is 0 Å². The van der Waals surface area contributed by atoms with Crippen LogP contribution in [0.4, 0.5) is 0 Å². The molecule has 1 aromatic heterocycles. The molecule has 0 aliphatic rings. The second-order valence-corrected chi connectivity index (χ2v) is 1.38. The van der Waals surface area contributed by atoms with Gasteiger partial charge in [-0.15, -0.1) is 10.2 Å². The Morgan fingerprint density at radius 1 is 1.60 bits per heavy atom. The van der Waals surface area contributed by atoms with Crippen LogP contribution in [0.5, 0.6) is 0 Å². The van der Waals surface area contributed by atoms with Crippen LogP contribution < -0.4 is 11.3 Å². The topological polar surface area (TPSA) is 107 Å². The van der Waals surface area contributed by atoms with Crippen molar-refractivity contribution >= 4 is 5.91 Å². The van der Waals surface area contributed by atoms with E-state index in [2.05, 4.69) is 20.6 Å². The van der Waals surface area contributed by atoms with Crippen LogP contribution in [0, 0.1) is 0 Å². The van der Waals surface area contributed by atoms with Crippen LogP contribution in [0.15, 0.2) is 6.20 Å². The van der Waals surface area contributed by atoms with Gasteiger partial charge in [0.1, 0.15) is 0 Å². The molecule has 1 heterocycles. The van der Waals surface area contributed by atoms with E-state index in [0.717, 1.165) is 6.20 Å². The Hall–Kier alpha value is -1.63. The molecule has 3 N–H and O–H groups in total. The van der Waals surface area contributed by atoms with Gasteiger partial charge < -0.3 is 0 Å². The summed E-state index contributed by atoms with van der Waals surface area (Å²) in [6.07, 6.45) is 1.16. The van der Waals surface area contributed by atoms with Gasteiger partial charge in [-0.3, -0.25) is 10.2 Å². The highest BCUT2D eigenvalue weighted by Gasteiger charge is 2.03. The average molecular weight is 140 g/mol. The van der Waals surface area contributed by atoms with E-state index in [1.807, 2.05) is 5.43 Å². The summed E-state index contributed by atoms with van der Waals surface area (Å²) in [4.78, 5) is 10.6. The molecule has 0 radical (unpaired) electrons. The van der Waals surface area contributed by atoms with E-state index in [1.54, 1.807) is 0 Å². The van der Waals surface area contributed by atoms with Gasteiger partial charge in [0.15, 0.2) is 5.69 Å². The van der Waals surface area contributed by atoms with Gasteiger partial charge in [0, 0.05) is 0 Å². The Labute approximate surface area is 55.6 Å². The lowest BCUT2D eigenvalue weighted by molar-refractivity contribution is 0.0946. The molecule has 7 nitrogen and oxygen atoms in total. The highest BCUT2D eigenvalue weighted by atomic mass is 16.2. The summed E-state index contributed by atoms with van der Waals surface area (Å²) in [5, 5.41) is 12.9. The quantitative estimate of drug-likeness (QED) is 0.262. The van der Waals surface area contributed by atoms with Crippen molar-refractivity contribution in [1.82, 2.24) is 26.0 Å². The maximum Gasteiger partial charge on any atom is 0.287 e. The number of amides is 1. The van der Waals surface area contributed by atoms with Crippen molar-refractivity contribution in [2.24, 2.45) is 5.84 Å². The lowest BCUT2D eigenvalue weighted by Gasteiger charge is -1.92. The number of carbonyl (C=O) groups is 1. The Kier molecular flexibility index (Phi) is 1.80. The largest absolute Gasteiger partial charge is 0.289 e. The molecule has 1 amide bonds. The third-order valence-corrected chi connectivity index (χ3v) is 0.788. The summed E-state index contributed by atoms with van der Waals surface area (Å²) in [5.74, 6) is 4.25. The molecule has 1 aromatic rings. The van der Waals surface area contributed by atoms with Gasteiger partial charge in [0.25, 0.3) is 5.91 Å². The Morgan fingerprint density at radius 3 is 2.90 bits per heavy atom. The smallest absolute Gasteiger partial charge is 0.287 e. The molecule has 0 aromatic carbocycles. The average Bonchev–Trinajstić information content (AvgIpc) is 2.05. The molecule has 0 saturated carbocycles. The van der Waals surface area contributed by atoms with E-state index in [0.29, 0.717) is 0 Å². The highest BCUT2D eigenvalue weighted by molar-refractivity contribution is 5.91. The fraction of sp³-hybridized carbons (Fsp3) is 0. The van der Waals surface area contributed by atoms with E-state index in [9.17, 15) is 4.79 Å². The lowest BCUT2D eigenvalue weighted by Crippen LogP contribution is -2.31. The molecule has 52 valence electrons. The molecule has 7 heteroatoms. The Bertz CT molecular complexity index is 222. The second kappa shape index (κ2) is 2.78. The van der Waals surface area contributed by atoms with Crippen LogP contribution in [0.1, 0.15) is 10.5 Å². The summed E-state index contributed by atoms with van der Waals surface area (Å²) >= 11 is 0. The first-order valence-corrected chi connectivity index (χ1v) is 2.36. The molecule has 10 heavy (non-hydrogen) atoms. The predicted octanol–water partition coefficient (Wildman–Crippen LogP) is -2.13. The molecule has 0 spiro atoms. The van der Waals surface area contributed by atoms with Crippen LogP contribution in [0.2, 0.25) is 0 Å². The molecule has 0 atom stereocenters. The molecule has 0 unspecified atom stereocenters. The first-order chi connectivity index (χ1) is 4.84. The number of aromatic nitrogens is 4. The summed E-state index contributed by atoms with van der Waals surface area (Å²) in [7, 11) is 0. The van der Waals surface area contributed by atoms with Crippen molar-refractivity contribution in [1.29, 1.82) is 0 Å². The van der Waals surface area contributed by atoms with Gasteiger partial charge in [0.05, 0.1) is 6.20 Å². The Balaban J connectivity index is 2.85. The van der Waals surface area contributed by atoms with Gasteiger partial charge in [-0.2, -0.15) is 0 Å². The molecule has 0 fully saturated rings. The SMILES string of the molecule is NNC(=O)c1cnnnn1. The number of hydrazine groups is 1. The number of nitrogens with one attached hydrogen (secondary N) is 1. The van der Waals surface area contributed by atoms with Gasteiger partial charge in [-0.25, -0.2) is 5.84 Å². The fourth-order valence-electron chi connectivity index (χ4n) is 0.376. The Morgan fingerprint density at radius 2 is 2.40 bits per heavy atom. The standard InChI is InChI=1S/C3H4N6O/c4-6-3(10)2-1-5-8-9-7-2/h1H,4H2,(H,6,10). The summed E-state index contributed by atoms with van der Waals surface area (Å²) < 4.78 is 0. The maximum absolute atomic E-state index is 10.6. The van der Waals surface area contributed by atoms with Crippen molar-refractivity contribution in [3.63, 3.8) is 0 Å². The van der Waals surface area contributed by atoms with E-state index < -0.39 is 5.91 Å². The first kappa shape index (κ1) is 6.49. The van der Waals surface area contributed by atoms with Crippen molar-refractivity contribution in [3.8, 4) is 0 Å². The number of hydrogen-bond acceptors (Lipinski definition) is 6. The normalized spacial score (nSPS) is 8.90.